The quantitative estimate of drug-likeness (QED) is 0.0516. The Hall–Kier alpha value is -3.10. The second kappa shape index (κ2) is 35.3. The number of amides is 2. The molecule has 0 spiro atoms. The molecule has 0 atom stereocenters. The van der Waals surface area contributed by atoms with Crippen LogP contribution in [0.5, 0.6) is 11.5 Å². The van der Waals surface area contributed by atoms with Gasteiger partial charge in [-0.1, -0.05) is 155 Å². The zero-order valence-electron chi connectivity index (χ0n) is 41.2. The molecule has 0 saturated heterocycles. The van der Waals surface area contributed by atoms with Crippen molar-refractivity contribution < 1.29 is 28.0 Å². The average molecular weight is 865 g/mol. The minimum absolute atomic E-state index is 0.0341. The van der Waals surface area contributed by atoms with Crippen LogP contribution < -0.4 is 20.1 Å². The number of likely N-dealkylation sites (N-methyl/N-ethyl adjacent to an activating group) is 2. The highest BCUT2D eigenvalue weighted by Crippen LogP contribution is 2.20. The minimum Gasteiger partial charge on any atom is -0.494 e. The highest BCUT2D eigenvalue weighted by atomic mass is 16.5. The lowest BCUT2D eigenvalue weighted by Gasteiger charge is -2.30. The zero-order valence-corrected chi connectivity index (χ0v) is 41.2. The number of unbranched alkanes of at least 4 members (excludes halogenated alkanes) is 25. The van der Waals surface area contributed by atoms with Crippen molar-refractivity contribution in [3.8, 4) is 11.5 Å². The third kappa shape index (κ3) is 30.9. The van der Waals surface area contributed by atoms with Gasteiger partial charge in [0.15, 0.2) is 13.1 Å². The summed E-state index contributed by atoms with van der Waals surface area (Å²) in [5.74, 6) is 1.79. The number of carbonyl (C=O) groups excluding carboxylic acids is 2. The lowest BCUT2D eigenvalue weighted by molar-refractivity contribution is -0.883. The van der Waals surface area contributed by atoms with Crippen LogP contribution in [0.3, 0.4) is 0 Å². The van der Waals surface area contributed by atoms with E-state index in [9.17, 15) is 9.59 Å². The Labute approximate surface area is 381 Å². The molecule has 0 saturated carbocycles. The third-order valence-corrected chi connectivity index (χ3v) is 12.2. The molecule has 0 radical (unpaired) electrons. The molecular weight excluding hydrogens is 769 g/mol. The van der Waals surface area contributed by atoms with E-state index in [1.807, 2.05) is 48.5 Å². The van der Waals surface area contributed by atoms with Crippen molar-refractivity contribution in [3.63, 3.8) is 0 Å². The molecule has 0 heterocycles. The van der Waals surface area contributed by atoms with Crippen LogP contribution in [0.4, 0.5) is 11.4 Å². The van der Waals surface area contributed by atoms with Crippen LogP contribution in [0.25, 0.3) is 0 Å². The number of rotatable bonds is 41. The summed E-state index contributed by atoms with van der Waals surface area (Å²) in [6.07, 6.45) is 36.5. The SMILES string of the molecule is CCCCCCCCCCCCCCOc1ccc(NC(=O)C[N+](C)(C)CCCCCC[N+](C)(C)CC(=O)Nc2ccc(OCCCCCCCCCCCCCC)cc2)cc1. The molecule has 0 aliphatic rings. The zero-order chi connectivity index (χ0) is 45.0. The number of hydrogen-bond donors (Lipinski definition) is 2. The van der Waals surface area contributed by atoms with Crippen LogP contribution in [-0.4, -0.2) is 88.4 Å². The summed E-state index contributed by atoms with van der Waals surface area (Å²) in [6, 6.07) is 15.6. The summed E-state index contributed by atoms with van der Waals surface area (Å²) < 4.78 is 13.2. The van der Waals surface area contributed by atoms with Crippen LogP contribution in [0.2, 0.25) is 0 Å². The molecule has 0 unspecified atom stereocenters. The highest BCUT2D eigenvalue weighted by Gasteiger charge is 2.22. The van der Waals surface area contributed by atoms with Crippen molar-refractivity contribution in [2.75, 3.05) is 78.2 Å². The molecule has 2 N–H and O–H groups in total. The number of ether oxygens (including phenoxy) is 2. The van der Waals surface area contributed by atoms with Gasteiger partial charge in [-0.25, -0.2) is 0 Å². The Morgan fingerprint density at radius 1 is 0.387 bits per heavy atom. The molecule has 8 heteroatoms. The molecule has 2 rings (SSSR count). The molecule has 354 valence electrons. The third-order valence-electron chi connectivity index (χ3n) is 12.2. The predicted octanol–water partition coefficient (Wildman–Crippen LogP) is 14.1. The van der Waals surface area contributed by atoms with Crippen LogP contribution >= 0.6 is 0 Å². The fraction of sp³-hybridized carbons (Fsp3) is 0.741. The van der Waals surface area contributed by atoms with E-state index >= 15 is 0 Å². The molecular formula is C54H96N4O4+2. The lowest BCUT2D eigenvalue weighted by atomic mass is 10.1. The van der Waals surface area contributed by atoms with E-state index in [2.05, 4.69) is 52.7 Å². The molecule has 8 nitrogen and oxygen atoms in total. The van der Waals surface area contributed by atoms with Crippen molar-refractivity contribution in [1.29, 1.82) is 0 Å². The Morgan fingerprint density at radius 2 is 0.645 bits per heavy atom. The normalized spacial score (nSPS) is 11.8. The summed E-state index contributed by atoms with van der Waals surface area (Å²) >= 11 is 0. The van der Waals surface area contributed by atoms with Crippen LogP contribution in [-0.2, 0) is 9.59 Å². The molecule has 2 aromatic rings. The van der Waals surface area contributed by atoms with E-state index in [1.54, 1.807) is 0 Å². The summed E-state index contributed by atoms with van der Waals surface area (Å²) in [7, 11) is 8.52. The smallest absolute Gasteiger partial charge is 0.279 e. The van der Waals surface area contributed by atoms with Gasteiger partial charge in [-0.3, -0.25) is 9.59 Å². The van der Waals surface area contributed by atoms with E-state index in [-0.39, 0.29) is 11.8 Å². The summed E-state index contributed by atoms with van der Waals surface area (Å²) in [5.41, 5.74) is 1.62. The first kappa shape index (κ1) is 55.0. The van der Waals surface area contributed by atoms with Gasteiger partial charge in [0.1, 0.15) is 11.5 Å². The second-order valence-electron chi connectivity index (χ2n) is 19.7. The van der Waals surface area contributed by atoms with Crippen molar-refractivity contribution >= 4 is 23.2 Å². The lowest BCUT2D eigenvalue weighted by Crippen LogP contribution is -2.46. The molecule has 0 aliphatic carbocycles. The Morgan fingerprint density at radius 3 is 0.935 bits per heavy atom. The Bertz CT molecular complexity index is 1270. The van der Waals surface area contributed by atoms with E-state index in [0.29, 0.717) is 22.1 Å². The fourth-order valence-corrected chi connectivity index (χ4v) is 8.31. The van der Waals surface area contributed by atoms with E-state index in [1.165, 1.54) is 141 Å². The van der Waals surface area contributed by atoms with Crippen LogP contribution in [0.15, 0.2) is 48.5 Å². The Kier molecular flexibility index (Phi) is 31.3. The monoisotopic (exact) mass is 865 g/mol. The largest absolute Gasteiger partial charge is 0.494 e. The number of nitrogens with zero attached hydrogens (tertiary/aromatic N) is 2. The van der Waals surface area contributed by atoms with E-state index in [0.717, 1.165) is 87.7 Å². The molecule has 2 amide bonds. The average Bonchev–Trinajstić information content (AvgIpc) is 3.23. The van der Waals surface area contributed by atoms with Gasteiger partial charge in [0, 0.05) is 11.4 Å². The van der Waals surface area contributed by atoms with Gasteiger partial charge in [0.2, 0.25) is 0 Å². The van der Waals surface area contributed by atoms with Crippen LogP contribution in [0.1, 0.15) is 194 Å². The number of quaternary nitrogens is 2. The molecule has 0 bridgehead atoms. The maximum absolute atomic E-state index is 12.9. The van der Waals surface area contributed by atoms with Crippen molar-refractivity contribution in [1.82, 2.24) is 0 Å². The first-order valence-corrected chi connectivity index (χ1v) is 25.7. The van der Waals surface area contributed by atoms with Gasteiger partial charge >= 0.3 is 0 Å². The van der Waals surface area contributed by atoms with Crippen molar-refractivity contribution in [2.45, 2.75) is 194 Å². The van der Waals surface area contributed by atoms with Gasteiger partial charge in [0.25, 0.3) is 11.8 Å². The highest BCUT2D eigenvalue weighted by molar-refractivity contribution is 5.92. The first-order chi connectivity index (χ1) is 30.0. The number of hydrogen-bond acceptors (Lipinski definition) is 4. The van der Waals surface area contributed by atoms with Crippen molar-refractivity contribution in [3.05, 3.63) is 48.5 Å². The molecule has 2 aromatic carbocycles. The fourth-order valence-electron chi connectivity index (χ4n) is 8.31. The first-order valence-electron chi connectivity index (χ1n) is 25.7. The van der Waals surface area contributed by atoms with E-state index in [4.69, 9.17) is 9.47 Å². The predicted molar refractivity (Wildman–Crippen MR) is 265 cm³/mol. The number of anilines is 2. The van der Waals surface area contributed by atoms with Crippen molar-refractivity contribution in [2.24, 2.45) is 0 Å². The van der Waals surface area contributed by atoms with Gasteiger partial charge in [-0.05, 0) is 87.1 Å². The maximum atomic E-state index is 12.9. The van der Waals surface area contributed by atoms with Gasteiger partial charge in [0.05, 0.1) is 54.5 Å². The second-order valence-corrected chi connectivity index (χ2v) is 19.7. The van der Waals surface area contributed by atoms with E-state index < -0.39 is 0 Å². The number of carbonyl (C=O) groups is 2. The number of benzene rings is 2. The van der Waals surface area contributed by atoms with Gasteiger partial charge in [-0.15, -0.1) is 0 Å². The summed E-state index contributed by atoms with van der Waals surface area (Å²) in [6.45, 7) is 8.81. The topological polar surface area (TPSA) is 76.7 Å². The standard InChI is InChI=1S/C54H94N4O4/c1-7-9-11-13-15-17-19-21-23-25-29-33-45-61-51-39-35-49(36-40-51)55-53(59)47-57(3,4)43-31-27-28-32-44-58(5,6)48-54(60)56-50-37-41-52(42-38-50)62-46-34-30-26-24-22-20-18-16-14-12-10-8-2/h35-42H,7-34,43-48H2,1-6H3/p+2. The summed E-state index contributed by atoms with van der Waals surface area (Å²) in [5, 5.41) is 6.15. The summed E-state index contributed by atoms with van der Waals surface area (Å²) in [4.78, 5) is 25.8. The number of nitrogens with one attached hydrogen (secondary N) is 2. The molecule has 0 aromatic heterocycles. The minimum atomic E-state index is 0.0341. The molecule has 0 aliphatic heterocycles. The molecule has 62 heavy (non-hydrogen) atoms. The molecule has 0 fully saturated rings. The van der Waals surface area contributed by atoms with Gasteiger partial charge in [-0.2, -0.15) is 0 Å². The van der Waals surface area contributed by atoms with Crippen LogP contribution in [0, 0.1) is 0 Å². The van der Waals surface area contributed by atoms with Gasteiger partial charge < -0.3 is 29.1 Å². The maximum Gasteiger partial charge on any atom is 0.279 e. The Balaban J connectivity index is 1.48.